The molecular formula is C15H18Cl3NO2. The lowest BCUT2D eigenvalue weighted by atomic mass is 9.96. The number of ether oxygens (including phenoxy) is 1. The zero-order chi connectivity index (χ0) is 14.5. The Kier molecular flexibility index (Phi) is 7.53. The van der Waals surface area contributed by atoms with Crippen LogP contribution in [0.4, 0.5) is 0 Å². The number of esters is 1. The number of carbonyl (C=O) groups excluding carboxylic acids is 1. The molecule has 0 fully saturated rings. The molecule has 6 heteroatoms. The highest BCUT2D eigenvalue weighted by Crippen LogP contribution is 2.31. The van der Waals surface area contributed by atoms with Crippen molar-refractivity contribution in [2.75, 3.05) is 19.7 Å². The lowest BCUT2D eigenvalue weighted by Crippen LogP contribution is -2.15. The molecular weight excluding hydrogens is 333 g/mol. The molecule has 0 amide bonds. The quantitative estimate of drug-likeness (QED) is 0.834. The molecule has 0 unspecified atom stereocenters. The zero-order valence-electron chi connectivity index (χ0n) is 11.7. The van der Waals surface area contributed by atoms with Gasteiger partial charge >= 0.3 is 5.97 Å². The predicted molar refractivity (Wildman–Crippen MR) is 89.4 cm³/mol. The van der Waals surface area contributed by atoms with E-state index in [1.54, 1.807) is 6.07 Å². The number of nitrogens with one attached hydrogen (secondary N) is 1. The third-order valence-corrected chi connectivity index (χ3v) is 4.00. The average molecular weight is 351 g/mol. The zero-order valence-corrected chi connectivity index (χ0v) is 14.1. The van der Waals surface area contributed by atoms with E-state index in [0.717, 1.165) is 36.2 Å². The molecule has 2 rings (SSSR count). The van der Waals surface area contributed by atoms with Crippen LogP contribution in [0.15, 0.2) is 23.8 Å². The van der Waals surface area contributed by atoms with Crippen LogP contribution in [0, 0.1) is 0 Å². The summed E-state index contributed by atoms with van der Waals surface area (Å²) in [6.45, 7) is 3.80. The second-order valence-corrected chi connectivity index (χ2v) is 5.37. The number of carbonyl (C=O) groups is 1. The van der Waals surface area contributed by atoms with E-state index in [2.05, 4.69) is 5.32 Å². The van der Waals surface area contributed by atoms with Crippen molar-refractivity contribution in [2.45, 2.75) is 19.8 Å². The van der Waals surface area contributed by atoms with Gasteiger partial charge < -0.3 is 10.1 Å². The summed E-state index contributed by atoms with van der Waals surface area (Å²) in [7, 11) is 0. The van der Waals surface area contributed by atoms with Gasteiger partial charge in [-0.2, -0.15) is 0 Å². The molecule has 1 aliphatic heterocycles. The van der Waals surface area contributed by atoms with Crippen LogP contribution in [-0.2, 0) is 9.53 Å². The third-order valence-electron chi connectivity index (χ3n) is 3.26. The fraction of sp³-hybridized carbons (Fsp3) is 0.400. The smallest absolute Gasteiger partial charge is 0.334 e. The third kappa shape index (κ3) is 4.62. The van der Waals surface area contributed by atoms with Crippen molar-refractivity contribution in [1.82, 2.24) is 5.32 Å². The van der Waals surface area contributed by atoms with E-state index >= 15 is 0 Å². The first-order chi connectivity index (χ1) is 9.63. The van der Waals surface area contributed by atoms with E-state index in [1.165, 1.54) is 0 Å². The van der Waals surface area contributed by atoms with Gasteiger partial charge in [0.05, 0.1) is 16.7 Å². The molecule has 3 nitrogen and oxygen atoms in total. The molecule has 1 aromatic carbocycles. The molecule has 0 saturated heterocycles. The molecule has 1 aliphatic rings. The Hall–Kier alpha value is -0.740. The van der Waals surface area contributed by atoms with Gasteiger partial charge in [0.1, 0.15) is 0 Å². The summed E-state index contributed by atoms with van der Waals surface area (Å²) in [6.07, 6.45) is 1.43. The Labute approximate surface area is 141 Å². The second kappa shape index (κ2) is 8.64. The van der Waals surface area contributed by atoms with E-state index in [1.807, 2.05) is 19.1 Å². The molecule has 116 valence electrons. The summed E-state index contributed by atoms with van der Waals surface area (Å²) >= 11 is 12.0. The maximum absolute atomic E-state index is 12.1. The summed E-state index contributed by atoms with van der Waals surface area (Å²) in [5.41, 5.74) is 2.66. The van der Waals surface area contributed by atoms with Gasteiger partial charge in [-0.3, -0.25) is 0 Å². The van der Waals surface area contributed by atoms with Crippen LogP contribution in [0.3, 0.4) is 0 Å². The molecule has 0 aliphatic carbocycles. The van der Waals surface area contributed by atoms with E-state index in [-0.39, 0.29) is 18.4 Å². The monoisotopic (exact) mass is 349 g/mol. The van der Waals surface area contributed by atoms with Crippen molar-refractivity contribution in [2.24, 2.45) is 0 Å². The minimum atomic E-state index is -0.239. The second-order valence-electron chi connectivity index (χ2n) is 4.56. The van der Waals surface area contributed by atoms with Crippen LogP contribution in [0.25, 0.3) is 5.57 Å². The lowest BCUT2D eigenvalue weighted by Gasteiger charge is -2.12. The van der Waals surface area contributed by atoms with E-state index in [9.17, 15) is 4.79 Å². The Balaban J connectivity index is 0.00000220. The Bertz CT molecular complexity index is 544. The van der Waals surface area contributed by atoms with Gasteiger partial charge in [0, 0.05) is 5.57 Å². The molecule has 1 heterocycles. The standard InChI is InChI=1S/C15H17Cl2NO2.ClH/c1-2-20-15(19)12-6-8-18-7-5-11(12)10-3-4-13(16)14(17)9-10;/h3-4,9,18H,2,5-8H2,1H3;1H. The van der Waals surface area contributed by atoms with Crippen molar-refractivity contribution in [3.05, 3.63) is 39.4 Å². The summed E-state index contributed by atoms with van der Waals surface area (Å²) < 4.78 is 5.16. The molecule has 0 bridgehead atoms. The number of hydrogen-bond donors (Lipinski definition) is 1. The van der Waals surface area contributed by atoms with Gasteiger partial charge in [-0.15, -0.1) is 12.4 Å². The minimum Gasteiger partial charge on any atom is -0.463 e. The molecule has 0 saturated carbocycles. The van der Waals surface area contributed by atoms with Crippen molar-refractivity contribution < 1.29 is 9.53 Å². The summed E-state index contributed by atoms with van der Waals surface area (Å²) in [5.74, 6) is -0.239. The first-order valence-corrected chi connectivity index (χ1v) is 7.44. The van der Waals surface area contributed by atoms with Crippen molar-refractivity contribution in [3.8, 4) is 0 Å². The maximum Gasteiger partial charge on any atom is 0.334 e. The maximum atomic E-state index is 12.1. The average Bonchev–Trinajstić information content (AvgIpc) is 2.68. The van der Waals surface area contributed by atoms with Crippen LogP contribution in [0.5, 0.6) is 0 Å². The normalized spacial score (nSPS) is 15.2. The van der Waals surface area contributed by atoms with Crippen LogP contribution < -0.4 is 5.32 Å². The van der Waals surface area contributed by atoms with Gasteiger partial charge in [0.25, 0.3) is 0 Å². The van der Waals surface area contributed by atoms with Crippen LogP contribution in [0.2, 0.25) is 10.0 Å². The number of benzene rings is 1. The molecule has 0 radical (unpaired) electrons. The van der Waals surface area contributed by atoms with Gasteiger partial charge in [-0.1, -0.05) is 29.3 Å². The first-order valence-electron chi connectivity index (χ1n) is 6.68. The van der Waals surface area contributed by atoms with Crippen LogP contribution in [-0.4, -0.2) is 25.7 Å². The molecule has 1 N–H and O–H groups in total. The van der Waals surface area contributed by atoms with Crippen molar-refractivity contribution in [3.63, 3.8) is 0 Å². The highest BCUT2D eigenvalue weighted by molar-refractivity contribution is 6.42. The highest BCUT2D eigenvalue weighted by atomic mass is 35.5. The fourth-order valence-electron chi connectivity index (χ4n) is 2.30. The number of rotatable bonds is 3. The van der Waals surface area contributed by atoms with E-state index in [4.69, 9.17) is 27.9 Å². The van der Waals surface area contributed by atoms with Crippen molar-refractivity contribution in [1.29, 1.82) is 0 Å². The predicted octanol–water partition coefficient (Wildman–Crippen LogP) is 4.12. The van der Waals surface area contributed by atoms with Crippen molar-refractivity contribution >= 4 is 47.2 Å². The molecule has 1 aromatic rings. The number of hydrogen-bond acceptors (Lipinski definition) is 3. The fourth-order valence-corrected chi connectivity index (χ4v) is 2.60. The van der Waals surface area contributed by atoms with Gasteiger partial charge in [-0.05, 0) is 56.1 Å². The van der Waals surface area contributed by atoms with Crippen LogP contribution >= 0.6 is 35.6 Å². The Morgan fingerprint density at radius 2 is 1.95 bits per heavy atom. The lowest BCUT2D eigenvalue weighted by molar-refractivity contribution is -0.138. The SMILES string of the molecule is CCOC(=O)C1=C(c2ccc(Cl)c(Cl)c2)CCNCC1.Cl. The summed E-state index contributed by atoms with van der Waals surface area (Å²) in [6, 6.07) is 5.46. The van der Waals surface area contributed by atoms with E-state index < -0.39 is 0 Å². The van der Waals surface area contributed by atoms with E-state index in [0.29, 0.717) is 23.1 Å². The topological polar surface area (TPSA) is 38.3 Å². The molecule has 0 spiro atoms. The molecule has 21 heavy (non-hydrogen) atoms. The van der Waals surface area contributed by atoms with Gasteiger partial charge in [0.2, 0.25) is 0 Å². The first kappa shape index (κ1) is 18.3. The Morgan fingerprint density at radius 3 is 2.62 bits per heavy atom. The number of halogens is 3. The summed E-state index contributed by atoms with van der Waals surface area (Å²) in [4.78, 5) is 12.1. The highest BCUT2D eigenvalue weighted by Gasteiger charge is 2.20. The van der Waals surface area contributed by atoms with Gasteiger partial charge in [-0.25, -0.2) is 4.79 Å². The molecule has 0 aromatic heterocycles. The summed E-state index contributed by atoms with van der Waals surface area (Å²) in [5, 5.41) is 4.30. The van der Waals surface area contributed by atoms with Crippen LogP contribution in [0.1, 0.15) is 25.3 Å². The molecule has 0 atom stereocenters. The minimum absolute atomic E-state index is 0. The largest absolute Gasteiger partial charge is 0.463 e. The Morgan fingerprint density at radius 1 is 1.24 bits per heavy atom. The van der Waals surface area contributed by atoms with Gasteiger partial charge in [0.15, 0.2) is 0 Å².